The van der Waals surface area contributed by atoms with Crippen molar-refractivity contribution in [2.75, 3.05) is 0 Å². The number of carbonyl (C=O) groups is 2. The second-order valence-corrected chi connectivity index (χ2v) is 8.45. The Bertz CT molecular complexity index is 1020. The number of aryl methyl sites for hydroxylation is 1. The Kier molecular flexibility index (Phi) is 6.16. The summed E-state index contributed by atoms with van der Waals surface area (Å²) < 4.78 is 47.3. The molecule has 1 aliphatic rings. The van der Waals surface area contributed by atoms with E-state index < -0.39 is 34.6 Å². The molecule has 1 fully saturated rings. The van der Waals surface area contributed by atoms with Gasteiger partial charge in [0, 0.05) is 11.6 Å². The average molecular weight is 432 g/mol. The van der Waals surface area contributed by atoms with E-state index >= 15 is 0 Å². The van der Waals surface area contributed by atoms with Gasteiger partial charge in [0.1, 0.15) is 22.9 Å². The number of ether oxygens (including phenoxy) is 1. The van der Waals surface area contributed by atoms with Crippen LogP contribution in [0.2, 0.25) is 0 Å². The number of hydrogen-bond acceptors (Lipinski definition) is 3. The minimum atomic E-state index is -1.26. The first kappa shape index (κ1) is 23.2. The first-order chi connectivity index (χ1) is 14.5. The van der Waals surface area contributed by atoms with Crippen LogP contribution in [-0.2, 0) is 20.7 Å². The molecule has 1 aliphatic heterocycles. The van der Waals surface area contributed by atoms with Crippen molar-refractivity contribution < 1.29 is 27.5 Å². The third-order valence-electron chi connectivity index (χ3n) is 6.52. The highest BCUT2D eigenvalue weighted by molar-refractivity contribution is 6.15. The largest absolute Gasteiger partial charge is 0.354 e. The Labute approximate surface area is 180 Å². The van der Waals surface area contributed by atoms with Crippen molar-refractivity contribution in [2.24, 2.45) is 0 Å². The quantitative estimate of drug-likeness (QED) is 0.435. The first-order valence-electron chi connectivity index (χ1n) is 10.6. The van der Waals surface area contributed by atoms with E-state index in [9.17, 15) is 22.8 Å². The van der Waals surface area contributed by atoms with Gasteiger partial charge < -0.3 is 4.74 Å². The van der Waals surface area contributed by atoms with Gasteiger partial charge in [0.25, 0.3) is 0 Å². The summed E-state index contributed by atoms with van der Waals surface area (Å²) in [6.45, 7) is 8.96. The summed E-state index contributed by atoms with van der Waals surface area (Å²) in [5.41, 5.74) is -0.709. The summed E-state index contributed by atoms with van der Waals surface area (Å²) in [7, 11) is 0. The molecular formula is C25H27F3O3. The maximum absolute atomic E-state index is 14.3. The topological polar surface area (TPSA) is 43.4 Å². The molecule has 0 aliphatic carbocycles. The maximum Gasteiger partial charge on any atom is 0.179 e. The van der Waals surface area contributed by atoms with Crippen LogP contribution in [0.1, 0.15) is 64.5 Å². The lowest BCUT2D eigenvalue weighted by Crippen LogP contribution is -2.60. The monoisotopic (exact) mass is 432 g/mol. The normalized spacial score (nSPS) is 26.4. The molecule has 0 saturated carbocycles. The van der Waals surface area contributed by atoms with E-state index in [1.807, 2.05) is 20.8 Å². The molecule has 3 nitrogen and oxygen atoms in total. The van der Waals surface area contributed by atoms with Crippen molar-refractivity contribution in [3.8, 4) is 11.1 Å². The van der Waals surface area contributed by atoms with Gasteiger partial charge in [0.2, 0.25) is 0 Å². The molecule has 2 aromatic carbocycles. The molecule has 2 unspecified atom stereocenters. The Morgan fingerprint density at radius 2 is 1.39 bits per heavy atom. The third kappa shape index (κ3) is 3.82. The summed E-state index contributed by atoms with van der Waals surface area (Å²) in [6, 6.07) is 6.11. The van der Waals surface area contributed by atoms with Crippen molar-refractivity contribution in [3.05, 3.63) is 58.9 Å². The van der Waals surface area contributed by atoms with Crippen LogP contribution in [0.25, 0.3) is 11.1 Å². The van der Waals surface area contributed by atoms with Crippen LogP contribution in [0.3, 0.4) is 0 Å². The summed E-state index contributed by atoms with van der Waals surface area (Å²) in [5.74, 6) is -4.89. The van der Waals surface area contributed by atoms with Crippen molar-refractivity contribution >= 4 is 11.6 Å². The lowest BCUT2D eigenvalue weighted by Gasteiger charge is -2.45. The predicted molar refractivity (Wildman–Crippen MR) is 112 cm³/mol. The number of rotatable bonds is 5. The summed E-state index contributed by atoms with van der Waals surface area (Å²) >= 11 is 0. The van der Waals surface area contributed by atoms with Crippen molar-refractivity contribution in [1.29, 1.82) is 0 Å². The van der Waals surface area contributed by atoms with Gasteiger partial charge >= 0.3 is 0 Å². The fourth-order valence-electron chi connectivity index (χ4n) is 4.21. The van der Waals surface area contributed by atoms with Crippen molar-refractivity contribution in [3.63, 3.8) is 0 Å². The molecule has 0 amide bonds. The van der Waals surface area contributed by atoms with Crippen LogP contribution in [0.4, 0.5) is 13.2 Å². The van der Waals surface area contributed by atoms with E-state index in [1.54, 1.807) is 26.0 Å². The number of halogens is 3. The zero-order chi connectivity index (χ0) is 23.1. The van der Waals surface area contributed by atoms with Crippen LogP contribution in [-0.4, -0.2) is 22.8 Å². The molecule has 2 atom stereocenters. The number of Topliss-reactive ketones (excluding diaryl/α,β-unsaturated/α-hetero) is 2. The Balaban J connectivity index is 2.15. The Morgan fingerprint density at radius 1 is 0.839 bits per heavy atom. The second kappa shape index (κ2) is 8.23. The van der Waals surface area contributed by atoms with E-state index in [-0.39, 0.29) is 17.1 Å². The second-order valence-electron chi connectivity index (χ2n) is 8.45. The van der Waals surface area contributed by atoms with Crippen LogP contribution in [0.15, 0.2) is 30.3 Å². The van der Waals surface area contributed by atoms with Gasteiger partial charge in [0.15, 0.2) is 23.2 Å². The maximum atomic E-state index is 14.3. The minimum absolute atomic E-state index is 0.0819. The number of carbonyl (C=O) groups excluding carboxylic acids is 2. The van der Waals surface area contributed by atoms with Gasteiger partial charge in [-0.05, 0) is 55.9 Å². The van der Waals surface area contributed by atoms with E-state index in [4.69, 9.17) is 4.74 Å². The molecule has 6 heteroatoms. The lowest BCUT2D eigenvalue weighted by molar-refractivity contribution is -0.192. The van der Waals surface area contributed by atoms with E-state index in [2.05, 4.69) is 0 Å². The average Bonchev–Trinajstić information content (AvgIpc) is 2.75. The van der Waals surface area contributed by atoms with Crippen LogP contribution >= 0.6 is 0 Å². The molecule has 166 valence electrons. The van der Waals surface area contributed by atoms with Gasteiger partial charge in [-0.2, -0.15) is 0 Å². The molecule has 1 saturated heterocycles. The summed E-state index contributed by atoms with van der Waals surface area (Å²) in [6.07, 6.45) is 1.31. The van der Waals surface area contributed by atoms with Crippen LogP contribution in [0.5, 0.6) is 0 Å². The molecule has 0 spiro atoms. The summed E-state index contributed by atoms with van der Waals surface area (Å²) in [4.78, 5) is 26.7. The van der Waals surface area contributed by atoms with Gasteiger partial charge in [-0.1, -0.05) is 39.0 Å². The zero-order valence-electron chi connectivity index (χ0n) is 18.4. The predicted octanol–water partition coefficient (Wildman–Crippen LogP) is 5.92. The number of ketones is 2. The van der Waals surface area contributed by atoms with Crippen molar-refractivity contribution in [2.45, 2.75) is 71.0 Å². The SMILES string of the molecule is CCc1cc(-c2cc(F)c(F)cc2F)ccc1C1C(=O)C(C)(CC)OC(C)(CC)C1=O. The van der Waals surface area contributed by atoms with E-state index in [1.165, 1.54) is 6.07 Å². The fourth-order valence-corrected chi connectivity index (χ4v) is 4.21. The van der Waals surface area contributed by atoms with Gasteiger partial charge in [-0.3, -0.25) is 9.59 Å². The highest BCUT2D eigenvalue weighted by Crippen LogP contribution is 2.43. The van der Waals surface area contributed by atoms with Gasteiger partial charge in [-0.25, -0.2) is 13.2 Å². The zero-order valence-corrected chi connectivity index (χ0v) is 18.4. The van der Waals surface area contributed by atoms with Gasteiger partial charge in [0.05, 0.1) is 0 Å². The highest BCUT2D eigenvalue weighted by Gasteiger charge is 2.55. The molecule has 0 radical (unpaired) electrons. The van der Waals surface area contributed by atoms with Crippen LogP contribution < -0.4 is 0 Å². The molecular weight excluding hydrogens is 405 g/mol. The lowest BCUT2D eigenvalue weighted by atomic mass is 9.71. The minimum Gasteiger partial charge on any atom is -0.354 e. The standard InChI is InChI=1S/C25H27F3O3/c1-6-14-11-15(17-12-19(27)20(28)13-18(17)26)9-10-16(14)21-22(29)24(4,7-2)31-25(5,8-3)23(21)30/h9-13,21H,6-8H2,1-5H3. The van der Waals surface area contributed by atoms with E-state index in [0.717, 1.165) is 6.07 Å². The number of benzene rings is 2. The van der Waals surface area contributed by atoms with Crippen molar-refractivity contribution in [1.82, 2.24) is 0 Å². The molecule has 3 rings (SSSR count). The molecule has 31 heavy (non-hydrogen) atoms. The Morgan fingerprint density at radius 3 is 1.90 bits per heavy atom. The molecule has 0 N–H and O–H groups in total. The molecule has 0 aromatic heterocycles. The fraction of sp³-hybridized carbons (Fsp3) is 0.440. The van der Waals surface area contributed by atoms with Crippen LogP contribution in [0, 0.1) is 17.5 Å². The highest BCUT2D eigenvalue weighted by atomic mass is 19.2. The number of hydrogen-bond donors (Lipinski definition) is 0. The molecule has 2 aromatic rings. The first-order valence-corrected chi connectivity index (χ1v) is 10.6. The summed E-state index contributed by atoms with van der Waals surface area (Å²) in [5, 5.41) is 0. The van der Waals surface area contributed by atoms with E-state index in [0.29, 0.717) is 42.0 Å². The smallest absolute Gasteiger partial charge is 0.179 e. The molecule has 0 bridgehead atoms. The Hall–Kier alpha value is -2.47. The third-order valence-corrected chi connectivity index (χ3v) is 6.52. The molecule has 1 heterocycles. The van der Waals surface area contributed by atoms with Gasteiger partial charge in [-0.15, -0.1) is 0 Å².